The molecule has 4 aliphatic carbocycles. The highest BCUT2D eigenvalue weighted by molar-refractivity contribution is 5.73. The van der Waals surface area contributed by atoms with Gasteiger partial charge in [-0.3, -0.25) is 4.79 Å². The van der Waals surface area contributed by atoms with Crippen LogP contribution in [0.25, 0.3) is 11.4 Å². The molecule has 1 aromatic carbocycles. The number of nitrogens with two attached hydrogens (primary N) is 1. The van der Waals surface area contributed by atoms with Gasteiger partial charge in [-0.25, -0.2) is 9.67 Å². The van der Waals surface area contributed by atoms with E-state index in [-0.39, 0.29) is 46.1 Å². The van der Waals surface area contributed by atoms with Crippen LogP contribution < -0.4 is 10.5 Å². The molecule has 0 amide bonds. The summed E-state index contributed by atoms with van der Waals surface area (Å²) in [5, 5.41) is 16.2. The van der Waals surface area contributed by atoms with Crippen molar-refractivity contribution in [2.45, 2.75) is 125 Å². The standard InChI is InChI=1S/C45H68N4O5/c1-27(2)29(5)41(7)20-21-42(8)32-16-17-35-40(6)22-34(49-38(47-26-48-49)30-12-14-31(52-11)15-13-30)37(54-24-44(10,46)28(3)4)45(35,25-53-23-40)33(32)18-19-43(42,9)36(41)39(50)51/h12-15,18,26-29,32,34-37H,16-17,19-25,46H2,1-11H3,(H,50,51)/t29-,32+,34-,35-,36-,37+,40-,41-,42-,43+,44+,45+/m1/s1. The maximum atomic E-state index is 13.7. The van der Waals surface area contributed by atoms with Crippen molar-refractivity contribution in [1.29, 1.82) is 0 Å². The number of benzene rings is 1. The number of fused-ring (bicyclic) bond motifs is 3. The molecule has 1 saturated heterocycles. The first-order valence-electron chi connectivity index (χ1n) is 20.8. The molecule has 0 spiro atoms. The van der Waals surface area contributed by atoms with E-state index in [1.807, 2.05) is 12.1 Å². The summed E-state index contributed by atoms with van der Waals surface area (Å²) in [6.45, 7) is 24.4. The molecule has 54 heavy (non-hydrogen) atoms. The zero-order valence-electron chi connectivity index (χ0n) is 34.9. The predicted molar refractivity (Wildman–Crippen MR) is 212 cm³/mol. The van der Waals surface area contributed by atoms with Crippen LogP contribution in [0.2, 0.25) is 0 Å². The second-order valence-electron chi connectivity index (χ2n) is 20.3. The van der Waals surface area contributed by atoms with Crippen molar-refractivity contribution in [3.05, 3.63) is 42.2 Å². The number of aromatic nitrogens is 3. The van der Waals surface area contributed by atoms with Gasteiger partial charge in [-0.2, -0.15) is 5.10 Å². The lowest BCUT2D eigenvalue weighted by atomic mass is 9.34. The van der Waals surface area contributed by atoms with Crippen molar-refractivity contribution in [3.63, 3.8) is 0 Å². The van der Waals surface area contributed by atoms with Crippen LogP contribution in [-0.2, 0) is 14.3 Å². The first kappa shape index (κ1) is 39.5. The Morgan fingerprint density at radius 3 is 2.39 bits per heavy atom. The molecule has 298 valence electrons. The second kappa shape index (κ2) is 13.4. The van der Waals surface area contributed by atoms with Crippen LogP contribution in [0.5, 0.6) is 5.75 Å². The minimum atomic E-state index is -0.636. The number of carbonyl (C=O) groups is 1. The fourth-order valence-corrected chi connectivity index (χ4v) is 13.0. The minimum absolute atomic E-state index is 0.119. The number of ether oxygens (including phenoxy) is 3. The summed E-state index contributed by atoms with van der Waals surface area (Å²) in [6.07, 6.45) is 9.52. The lowest BCUT2D eigenvalue weighted by Gasteiger charge is -2.71. The van der Waals surface area contributed by atoms with E-state index in [1.165, 1.54) is 5.57 Å². The molecule has 3 saturated carbocycles. The zero-order chi connectivity index (χ0) is 39.2. The normalized spacial score (nSPS) is 40.6. The molecule has 9 heteroatoms. The average Bonchev–Trinajstić information content (AvgIpc) is 3.61. The average molecular weight is 745 g/mol. The van der Waals surface area contributed by atoms with Gasteiger partial charge in [-0.1, -0.05) is 74.0 Å². The summed E-state index contributed by atoms with van der Waals surface area (Å²) in [4.78, 5) is 18.5. The number of hydrogen-bond acceptors (Lipinski definition) is 7. The van der Waals surface area contributed by atoms with Crippen molar-refractivity contribution in [3.8, 4) is 17.1 Å². The summed E-state index contributed by atoms with van der Waals surface area (Å²) in [5.74, 6) is 2.00. The van der Waals surface area contributed by atoms with Gasteiger partial charge in [-0.15, -0.1) is 0 Å². The Morgan fingerprint density at radius 1 is 1.06 bits per heavy atom. The topological polar surface area (TPSA) is 122 Å². The highest BCUT2D eigenvalue weighted by Gasteiger charge is 2.72. The molecule has 0 unspecified atom stereocenters. The van der Waals surface area contributed by atoms with E-state index < -0.39 is 28.3 Å². The van der Waals surface area contributed by atoms with Crippen molar-refractivity contribution in [2.24, 2.45) is 68.3 Å². The summed E-state index contributed by atoms with van der Waals surface area (Å²) in [6, 6.07) is 7.94. The van der Waals surface area contributed by atoms with Crippen LogP contribution in [0.15, 0.2) is 42.2 Å². The summed E-state index contributed by atoms with van der Waals surface area (Å²) >= 11 is 0. The third-order valence-electron chi connectivity index (χ3n) is 17.1. The van der Waals surface area contributed by atoms with Crippen LogP contribution in [0.4, 0.5) is 0 Å². The second-order valence-corrected chi connectivity index (χ2v) is 20.3. The Morgan fingerprint density at radius 2 is 1.76 bits per heavy atom. The molecule has 0 radical (unpaired) electrons. The molecule has 2 bridgehead atoms. The largest absolute Gasteiger partial charge is 0.497 e. The molecule has 2 aromatic rings. The molecular formula is C45H68N4O5. The molecule has 4 fully saturated rings. The number of methoxy groups -OCH3 is 1. The molecule has 1 aromatic heterocycles. The third-order valence-corrected chi connectivity index (χ3v) is 17.1. The first-order valence-corrected chi connectivity index (χ1v) is 20.8. The maximum Gasteiger partial charge on any atom is 0.307 e. The fraction of sp³-hybridized carbons (Fsp3) is 0.756. The van der Waals surface area contributed by atoms with E-state index in [4.69, 9.17) is 30.0 Å². The van der Waals surface area contributed by atoms with Gasteiger partial charge in [0.1, 0.15) is 12.1 Å². The van der Waals surface area contributed by atoms with Gasteiger partial charge in [0.2, 0.25) is 0 Å². The number of aliphatic carboxylic acids is 1. The Kier molecular flexibility index (Phi) is 9.82. The van der Waals surface area contributed by atoms with Crippen LogP contribution in [0.1, 0.15) is 114 Å². The Balaban J connectivity index is 1.39. The number of rotatable bonds is 10. The lowest BCUT2D eigenvalue weighted by Crippen LogP contribution is -2.70. The molecule has 2 heterocycles. The quantitative estimate of drug-likeness (QED) is 0.232. The van der Waals surface area contributed by atoms with Gasteiger partial charge < -0.3 is 25.1 Å². The van der Waals surface area contributed by atoms with Gasteiger partial charge in [0.05, 0.1) is 45.0 Å². The number of allylic oxidation sites excluding steroid dienone is 1. The maximum absolute atomic E-state index is 13.7. The van der Waals surface area contributed by atoms with Crippen molar-refractivity contribution in [2.75, 3.05) is 26.9 Å². The van der Waals surface area contributed by atoms with Gasteiger partial charge in [-0.05, 0) is 121 Å². The third kappa shape index (κ3) is 5.59. The zero-order valence-corrected chi connectivity index (χ0v) is 34.9. The van der Waals surface area contributed by atoms with E-state index in [1.54, 1.807) is 13.4 Å². The smallest absolute Gasteiger partial charge is 0.307 e. The van der Waals surface area contributed by atoms with E-state index in [0.717, 1.165) is 55.7 Å². The number of nitrogens with zero attached hydrogens (tertiary/aromatic N) is 3. The van der Waals surface area contributed by atoms with E-state index in [9.17, 15) is 9.90 Å². The Labute approximate surface area is 324 Å². The number of carboxylic acids is 1. The van der Waals surface area contributed by atoms with E-state index in [2.05, 4.69) is 92.1 Å². The minimum Gasteiger partial charge on any atom is -0.497 e. The van der Waals surface area contributed by atoms with Crippen LogP contribution >= 0.6 is 0 Å². The fourth-order valence-electron chi connectivity index (χ4n) is 13.0. The highest BCUT2D eigenvalue weighted by Crippen LogP contribution is 2.75. The monoisotopic (exact) mass is 745 g/mol. The number of carboxylic acid groups (broad SMARTS) is 1. The summed E-state index contributed by atoms with van der Waals surface area (Å²) in [5.41, 5.74) is 7.44. The van der Waals surface area contributed by atoms with Gasteiger partial charge >= 0.3 is 5.97 Å². The van der Waals surface area contributed by atoms with E-state index in [0.29, 0.717) is 31.7 Å². The molecular weight excluding hydrogens is 677 g/mol. The Bertz CT molecular complexity index is 1750. The predicted octanol–water partition coefficient (Wildman–Crippen LogP) is 8.84. The van der Waals surface area contributed by atoms with Crippen LogP contribution in [0.3, 0.4) is 0 Å². The van der Waals surface area contributed by atoms with Crippen molar-refractivity contribution < 1.29 is 24.1 Å². The molecule has 5 aliphatic rings. The molecule has 3 N–H and O–H groups in total. The molecule has 12 atom stereocenters. The Hall–Kier alpha value is -2.75. The lowest BCUT2D eigenvalue weighted by molar-refractivity contribution is -0.254. The van der Waals surface area contributed by atoms with Crippen molar-refractivity contribution >= 4 is 5.97 Å². The summed E-state index contributed by atoms with van der Waals surface area (Å²) in [7, 11) is 1.68. The van der Waals surface area contributed by atoms with Crippen LogP contribution in [0, 0.1) is 62.6 Å². The molecule has 7 rings (SSSR count). The SMILES string of the molecule is COc1ccc(-c2ncnn2[C@@H]2C[C@]3(C)COC[C@@]4(C5=CC[C@@]6(C)[C@H](C(=O)O)[C@@](C)([C@H](C)C(C)C)CC[C@]6(C)[C@H]5CC[C@H]34)[C@H]2OC[C@](C)(N)C(C)C)cc1. The molecule has 9 nitrogen and oxygen atoms in total. The van der Waals surface area contributed by atoms with Gasteiger partial charge in [0, 0.05) is 16.5 Å². The molecule has 1 aliphatic heterocycles. The van der Waals surface area contributed by atoms with Gasteiger partial charge in [0.15, 0.2) is 5.82 Å². The first-order chi connectivity index (χ1) is 25.3. The summed E-state index contributed by atoms with van der Waals surface area (Å²) < 4.78 is 21.8. The van der Waals surface area contributed by atoms with Gasteiger partial charge in [0.25, 0.3) is 0 Å². The number of hydrogen-bond donors (Lipinski definition) is 2. The van der Waals surface area contributed by atoms with E-state index >= 15 is 0 Å². The highest BCUT2D eigenvalue weighted by atomic mass is 16.5. The van der Waals surface area contributed by atoms with Crippen molar-refractivity contribution in [1.82, 2.24) is 14.8 Å². The van der Waals surface area contributed by atoms with Crippen LogP contribution in [-0.4, -0.2) is 64.4 Å².